The van der Waals surface area contributed by atoms with Gasteiger partial charge >= 0.3 is 0 Å². The summed E-state index contributed by atoms with van der Waals surface area (Å²) in [5, 5.41) is 2.86. The van der Waals surface area contributed by atoms with Crippen molar-refractivity contribution >= 4 is 39.1 Å². The second kappa shape index (κ2) is 8.88. The molecule has 0 spiro atoms. The minimum absolute atomic E-state index is 0.0239. The fourth-order valence-electron chi connectivity index (χ4n) is 3.33. The fourth-order valence-corrected chi connectivity index (χ4v) is 4.55. The first-order valence-corrected chi connectivity index (χ1v) is 11.1. The fraction of sp³-hybridized carbons (Fsp3) is 0.227. The number of benzene rings is 2. The van der Waals surface area contributed by atoms with Gasteiger partial charge in [-0.15, -0.1) is 11.3 Å². The Hall–Kier alpha value is -2.51. The molecule has 3 aromatic rings. The number of carbonyl (C=O) groups excluding carboxylic acids is 2. The zero-order valence-corrected chi connectivity index (χ0v) is 18.2. The minimum atomic E-state index is 0.0239. The van der Waals surface area contributed by atoms with Crippen LogP contribution < -0.4 is 0 Å². The molecule has 1 aliphatic rings. The molecule has 2 aromatic carbocycles. The van der Waals surface area contributed by atoms with Gasteiger partial charge in [0.05, 0.1) is 12.1 Å². The number of hydrogen-bond donors (Lipinski definition) is 0. The first kappa shape index (κ1) is 19.8. The SMILES string of the molecule is O=C(Cc1csc(-c2cccc(Br)c2)n1)N1CCN(C(=O)c2ccccc2)CC1. The van der Waals surface area contributed by atoms with Gasteiger partial charge in [0.1, 0.15) is 5.01 Å². The highest BCUT2D eigenvalue weighted by Crippen LogP contribution is 2.26. The summed E-state index contributed by atoms with van der Waals surface area (Å²) in [4.78, 5) is 33.5. The number of aromatic nitrogens is 1. The Bertz CT molecular complexity index is 1010. The van der Waals surface area contributed by atoms with E-state index in [4.69, 9.17) is 0 Å². The van der Waals surface area contributed by atoms with Crippen molar-refractivity contribution in [2.45, 2.75) is 6.42 Å². The average Bonchev–Trinajstić information content (AvgIpc) is 3.22. The Morgan fingerprint density at radius 2 is 1.69 bits per heavy atom. The van der Waals surface area contributed by atoms with Crippen LogP contribution in [0.1, 0.15) is 16.1 Å². The highest BCUT2D eigenvalue weighted by molar-refractivity contribution is 9.10. The smallest absolute Gasteiger partial charge is 0.253 e. The molecule has 0 atom stereocenters. The Morgan fingerprint density at radius 3 is 2.41 bits per heavy atom. The summed E-state index contributed by atoms with van der Waals surface area (Å²) in [6.07, 6.45) is 0.289. The molecule has 0 unspecified atom stereocenters. The molecular weight excluding hydrogens is 450 g/mol. The van der Waals surface area contributed by atoms with Gasteiger partial charge in [-0.05, 0) is 24.3 Å². The van der Waals surface area contributed by atoms with Crippen molar-refractivity contribution in [1.29, 1.82) is 0 Å². The molecule has 5 nitrogen and oxygen atoms in total. The highest BCUT2D eigenvalue weighted by atomic mass is 79.9. The maximum Gasteiger partial charge on any atom is 0.253 e. The lowest BCUT2D eigenvalue weighted by atomic mass is 10.1. The van der Waals surface area contributed by atoms with Gasteiger partial charge in [-0.3, -0.25) is 9.59 Å². The van der Waals surface area contributed by atoms with Crippen molar-refractivity contribution in [3.8, 4) is 10.6 Å². The summed E-state index contributed by atoms with van der Waals surface area (Å²) >= 11 is 5.02. The van der Waals surface area contributed by atoms with Gasteiger partial charge in [0, 0.05) is 47.2 Å². The van der Waals surface area contributed by atoms with Crippen LogP contribution in [0.25, 0.3) is 10.6 Å². The van der Waals surface area contributed by atoms with E-state index >= 15 is 0 Å². The van der Waals surface area contributed by atoms with Gasteiger partial charge in [0.15, 0.2) is 0 Å². The van der Waals surface area contributed by atoms with E-state index in [0.29, 0.717) is 31.7 Å². The number of halogens is 1. The van der Waals surface area contributed by atoms with Crippen LogP contribution in [0, 0.1) is 0 Å². The number of carbonyl (C=O) groups is 2. The Labute approximate surface area is 182 Å². The Balaban J connectivity index is 1.33. The average molecular weight is 470 g/mol. The summed E-state index contributed by atoms with van der Waals surface area (Å²) in [6, 6.07) is 17.3. The lowest BCUT2D eigenvalue weighted by Crippen LogP contribution is -2.51. The third-order valence-corrected chi connectivity index (χ3v) is 6.33. The van der Waals surface area contributed by atoms with E-state index < -0.39 is 0 Å². The van der Waals surface area contributed by atoms with E-state index in [9.17, 15) is 9.59 Å². The van der Waals surface area contributed by atoms with E-state index in [-0.39, 0.29) is 18.2 Å². The largest absolute Gasteiger partial charge is 0.339 e. The van der Waals surface area contributed by atoms with E-state index in [0.717, 1.165) is 20.7 Å². The van der Waals surface area contributed by atoms with Gasteiger partial charge in [-0.2, -0.15) is 0 Å². The Morgan fingerprint density at radius 1 is 0.966 bits per heavy atom. The maximum absolute atomic E-state index is 12.7. The lowest BCUT2D eigenvalue weighted by Gasteiger charge is -2.34. The van der Waals surface area contributed by atoms with Gasteiger partial charge in [-0.1, -0.05) is 46.3 Å². The van der Waals surface area contributed by atoms with E-state index in [1.54, 1.807) is 11.3 Å². The molecule has 0 radical (unpaired) electrons. The van der Waals surface area contributed by atoms with Crippen molar-refractivity contribution in [2.24, 2.45) is 0 Å². The number of thiazole rings is 1. The zero-order valence-electron chi connectivity index (χ0n) is 15.8. The molecule has 29 heavy (non-hydrogen) atoms. The molecule has 7 heteroatoms. The molecule has 1 aromatic heterocycles. The van der Waals surface area contributed by atoms with E-state index in [1.807, 2.05) is 69.8 Å². The van der Waals surface area contributed by atoms with Crippen LogP contribution in [0.2, 0.25) is 0 Å². The van der Waals surface area contributed by atoms with E-state index in [2.05, 4.69) is 20.9 Å². The summed E-state index contributed by atoms with van der Waals surface area (Å²) in [5.41, 5.74) is 2.52. The topological polar surface area (TPSA) is 53.5 Å². The normalized spacial score (nSPS) is 14.1. The van der Waals surface area contributed by atoms with Gasteiger partial charge in [-0.25, -0.2) is 4.98 Å². The van der Waals surface area contributed by atoms with Gasteiger partial charge in [0.2, 0.25) is 5.91 Å². The van der Waals surface area contributed by atoms with Crippen molar-refractivity contribution < 1.29 is 9.59 Å². The van der Waals surface area contributed by atoms with Crippen LogP contribution in [-0.2, 0) is 11.2 Å². The number of rotatable bonds is 4. The second-order valence-electron chi connectivity index (χ2n) is 6.87. The first-order valence-electron chi connectivity index (χ1n) is 9.42. The maximum atomic E-state index is 12.7. The van der Waals surface area contributed by atoms with Crippen LogP contribution in [0.4, 0.5) is 0 Å². The molecule has 1 fully saturated rings. The molecular formula is C22H20BrN3O2S. The predicted molar refractivity (Wildman–Crippen MR) is 118 cm³/mol. The summed E-state index contributed by atoms with van der Waals surface area (Å²) < 4.78 is 1.01. The third kappa shape index (κ3) is 4.74. The number of amides is 2. The summed E-state index contributed by atoms with van der Waals surface area (Å²) in [7, 11) is 0. The number of nitrogens with zero attached hydrogens (tertiary/aromatic N) is 3. The molecule has 4 rings (SSSR count). The zero-order chi connectivity index (χ0) is 20.2. The van der Waals surface area contributed by atoms with E-state index in [1.165, 1.54) is 0 Å². The van der Waals surface area contributed by atoms with Crippen LogP contribution in [-0.4, -0.2) is 52.8 Å². The van der Waals surface area contributed by atoms with Crippen LogP contribution in [0.3, 0.4) is 0 Å². The Kier molecular flexibility index (Phi) is 6.06. The van der Waals surface area contributed by atoms with Gasteiger partial charge in [0.25, 0.3) is 5.91 Å². The lowest BCUT2D eigenvalue weighted by molar-refractivity contribution is -0.132. The van der Waals surface area contributed by atoms with Gasteiger partial charge < -0.3 is 9.80 Å². The molecule has 1 aliphatic heterocycles. The predicted octanol–water partition coefficient (Wildman–Crippen LogP) is 4.10. The number of hydrogen-bond acceptors (Lipinski definition) is 4. The molecule has 0 saturated carbocycles. The molecule has 0 bridgehead atoms. The number of piperazine rings is 1. The monoisotopic (exact) mass is 469 g/mol. The molecule has 2 amide bonds. The quantitative estimate of drug-likeness (QED) is 0.577. The van der Waals surface area contributed by atoms with Crippen molar-refractivity contribution in [1.82, 2.24) is 14.8 Å². The molecule has 0 aliphatic carbocycles. The summed E-state index contributed by atoms with van der Waals surface area (Å²) in [6.45, 7) is 2.22. The second-order valence-corrected chi connectivity index (χ2v) is 8.64. The molecule has 2 heterocycles. The first-order chi connectivity index (χ1) is 14.1. The van der Waals surface area contributed by atoms with Crippen LogP contribution in [0.15, 0.2) is 64.5 Å². The highest BCUT2D eigenvalue weighted by Gasteiger charge is 2.25. The minimum Gasteiger partial charge on any atom is -0.339 e. The molecule has 148 valence electrons. The van der Waals surface area contributed by atoms with Crippen molar-refractivity contribution in [2.75, 3.05) is 26.2 Å². The standard InChI is InChI=1S/C22H20BrN3O2S/c23-18-8-4-7-17(13-18)21-24-19(15-29-21)14-20(27)25-9-11-26(12-10-25)22(28)16-5-2-1-3-6-16/h1-8,13,15H,9-12,14H2. The molecule has 0 N–H and O–H groups in total. The van der Waals surface area contributed by atoms with Crippen molar-refractivity contribution in [3.05, 3.63) is 75.7 Å². The molecule has 1 saturated heterocycles. The summed E-state index contributed by atoms with van der Waals surface area (Å²) in [5.74, 6) is 0.0822. The van der Waals surface area contributed by atoms with Crippen molar-refractivity contribution in [3.63, 3.8) is 0 Å². The third-order valence-electron chi connectivity index (χ3n) is 4.90. The van der Waals surface area contributed by atoms with Crippen LogP contribution >= 0.6 is 27.3 Å². The van der Waals surface area contributed by atoms with Crippen LogP contribution in [0.5, 0.6) is 0 Å².